The minimum Gasteiger partial charge on any atom is -0.503 e. The summed E-state index contributed by atoms with van der Waals surface area (Å²) in [6, 6.07) is 1.68. The molecule has 0 aliphatic rings. The van der Waals surface area contributed by atoms with E-state index in [1.807, 2.05) is 0 Å². The quantitative estimate of drug-likeness (QED) is 0.847. The first-order valence-electron chi connectivity index (χ1n) is 4.15. The molecule has 0 amide bonds. The lowest BCUT2D eigenvalue weighted by atomic mass is 10.1. The fraction of sp³-hybridized carbons (Fsp3) is 0.333. The van der Waals surface area contributed by atoms with Crippen LogP contribution in [0.1, 0.15) is 11.3 Å². The lowest BCUT2D eigenvalue weighted by Gasteiger charge is -2.14. The number of ether oxygens (including phenoxy) is 1. The topological polar surface area (TPSA) is 66.1 Å². The van der Waals surface area contributed by atoms with Crippen LogP contribution in [0.25, 0.3) is 0 Å². The Morgan fingerprint density at radius 2 is 2.19 bits per heavy atom. The van der Waals surface area contributed by atoms with Crippen LogP contribution < -0.4 is 4.74 Å². The predicted octanol–water partition coefficient (Wildman–Crippen LogP) is 2.06. The van der Waals surface area contributed by atoms with Crippen molar-refractivity contribution in [3.8, 4) is 17.6 Å². The molecule has 1 heterocycles. The maximum absolute atomic E-state index is 12.0. The number of alkyl halides is 3. The minimum atomic E-state index is -4.92. The van der Waals surface area contributed by atoms with Gasteiger partial charge in [-0.1, -0.05) is 0 Å². The van der Waals surface area contributed by atoms with Crippen molar-refractivity contribution in [3.05, 3.63) is 17.5 Å². The Morgan fingerprint density at radius 1 is 1.56 bits per heavy atom. The van der Waals surface area contributed by atoms with Crippen molar-refractivity contribution in [3.63, 3.8) is 0 Å². The van der Waals surface area contributed by atoms with Crippen LogP contribution in [-0.2, 0) is 6.42 Å². The number of hydrogen-bond acceptors (Lipinski definition) is 4. The average molecular weight is 232 g/mol. The van der Waals surface area contributed by atoms with Gasteiger partial charge in [0.25, 0.3) is 0 Å². The van der Waals surface area contributed by atoms with Gasteiger partial charge in [-0.05, 0) is 6.92 Å². The summed E-state index contributed by atoms with van der Waals surface area (Å²) in [6.45, 7) is 1.43. The zero-order chi connectivity index (χ0) is 12.3. The number of halogens is 3. The molecule has 7 heteroatoms. The molecule has 0 unspecified atom stereocenters. The van der Waals surface area contributed by atoms with E-state index < -0.39 is 17.9 Å². The average Bonchev–Trinajstić information content (AvgIpc) is 2.15. The zero-order valence-electron chi connectivity index (χ0n) is 8.17. The molecule has 1 rings (SSSR count). The summed E-state index contributed by atoms with van der Waals surface area (Å²) in [4.78, 5) is 3.64. The van der Waals surface area contributed by atoms with E-state index in [1.54, 1.807) is 6.07 Å². The van der Waals surface area contributed by atoms with Crippen LogP contribution in [0, 0.1) is 18.3 Å². The highest BCUT2D eigenvalue weighted by Gasteiger charge is 2.34. The Labute approximate surface area is 88.9 Å². The monoisotopic (exact) mass is 232 g/mol. The van der Waals surface area contributed by atoms with Crippen molar-refractivity contribution >= 4 is 0 Å². The van der Waals surface area contributed by atoms with Gasteiger partial charge in [-0.15, -0.1) is 13.2 Å². The largest absolute Gasteiger partial charge is 0.573 e. The number of nitrogens with zero attached hydrogens (tertiary/aromatic N) is 2. The van der Waals surface area contributed by atoms with Crippen LogP contribution in [0.2, 0.25) is 0 Å². The maximum Gasteiger partial charge on any atom is 0.573 e. The SMILES string of the molecule is Cc1ncc(O)c(OC(F)(F)F)c1CC#N. The first-order chi connectivity index (χ1) is 7.35. The molecule has 16 heavy (non-hydrogen) atoms. The van der Waals surface area contributed by atoms with Crippen LogP contribution in [-0.4, -0.2) is 16.5 Å². The fourth-order valence-electron chi connectivity index (χ4n) is 1.13. The van der Waals surface area contributed by atoms with Gasteiger partial charge >= 0.3 is 6.36 Å². The van der Waals surface area contributed by atoms with Gasteiger partial charge in [0.05, 0.1) is 18.7 Å². The summed E-state index contributed by atoms with van der Waals surface area (Å²) in [5.74, 6) is -1.50. The third-order valence-electron chi connectivity index (χ3n) is 1.80. The van der Waals surface area contributed by atoms with Crippen molar-refractivity contribution in [1.82, 2.24) is 4.98 Å². The van der Waals surface area contributed by atoms with Gasteiger partial charge in [-0.2, -0.15) is 5.26 Å². The molecule has 0 aliphatic heterocycles. The van der Waals surface area contributed by atoms with Crippen LogP contribution in [0.3, 0.4) is 0 Å². The van der Waals surface area contributed by atoms with Crippen LogP contribution in [0.15, 0.2) is 6.20 Å². The second-order valence-corrected chi connectivity index (χ2v) is 2.92. The Balaban J connectivity index is 3.24. The van der Waals surface area contributed by atoms with E-state index in [9.17, 15) is 18.3 Å². The molecule has 0 saturated heterocycles. The van der Waals surface area contributed by atoms with E-state index in [0.29, 0.717) is 0 Å². The minimum absolute atomic E-state index is 0.0696. The summed E-state index contributed by atoms with van der Waals surface area (Å²) in [7, 11) is 0. The summed E-state index contributed by atoms with van der Waals surface area (Å²) < 4.78 is 39.8. The third kappa shape index (κ3) is 2.76. The first-order valence-corrected chi connectivity index (χ1v) is 4.15. The number of aromatic nitrogens is 1. The second-order valence-electron chi connectivity index (χ2n) is 2.92. The van der Waals surface area contributed by atoms with Crippen LogP contribution in [0.5, 0.6) is 11.5 Å². The second kappa shape index (κ2) is 4.26. The van der Waals surface area contributed by atoms with E-state index in [1.165, 1.54) is 6.92 Å². The van der Waals surface area contributed by atoms with E-state index in [4.69, 9.17) is 5.26 Å². The first kappa shape index (κ1) is 12.1. The Bertz CT molecular complexity index is 438. The molecule has 0 radical (unpaired) electrons. The number of pyridine rings is 1. The summed E-state index contributed by atoms with van der Waals surface area (Å²) in [6.07, 6.45) is -4.40. The van der Waals surface area contributed by atoms with E-state index in [0.717, 1.165) is 6.20 Å². The number of aryl methyl sites for hydroxylation is 1. The zero-order valence-corrected chi connectivity index (χ0v) is 8.17. The molecule has 0 aliphatic carbocycles. The van der Waals surface area contributed by atoms with Crippen molar-refractivity contribution in [2.75, 3.05) is 0 Å². The Kier molecular flexibility index (Phi) is 3.22. The molecule has 0 spiro atoms. The Hall–Kier alpha value is -1.97. The van der Waals surface area contributed by atoms with Crippen molar-refractivity contribution in [2.45, 2.75) is 19.7 Å². The normalized spacial score (nSPS) is 10.9. The molecule has 0 fully saturated rings. The number of hydrogen-bond donors (Lipinski definition) is 1. The van der Waals surface area contributed by atoms with Crippen molar-refractivity contribution in [2.24, 2.45) is 0 Å². The molecule has 0 atom stereocenters. The molecule has 0 aromatic carbocycles. The van der Waals surface area contributed by atoms with Gasteiger partial charge in [0, 0.05) is 11.3 Å². The number of nitriles is 1. The molecule has 0 saturated carbocycles. The predicted molar refractivity (Wildman–Crippen MR) is 46.6 cm³/mol. The number of rotatable bonds is 2. The van der Waals surface area contributed by atoms with Gasteiger partial charge in [0.2, 0.25) is 0 Å². The van der Waals surface area contributed by atoms with Crippen LogP contribution >= 0.6 is 0 Å². The van der Waals surface area contributed by atoms with Crippen molar-refractivity contribution in [1.29, 1.82) is 5.26 Å². The van der Waals surface area contributed by atoms with Crippen LogP contribution in [0.4, 0.5) is 13.2 Å². The smallest absolute Gasteiger partial charge is 0.503 e. The van der Waals surface area contributed by atoms with E-state index in [2.05, 4.69) is 9.72 Å². The third-order valence-corrected chi connectivity index (χ3v) is 1.80. The van der Waals surface area contributed by atoms with Gasteiger partial charge in [0.1, 0.15) is 0 Å². The highest BCUT2D eigenvalue weighted by molar-refractivity contribution is 5.47. The molecule has 0 bridgehead atoms. The lowest BCUT2D eigenvalue weighted by molar-refractivity contribution is -0.275. The highest BCUT2D eigenvalue weighted by Crippen LogP contribution is 2.35. The van der Waals surface area contributed by atoms with Gasteiger partial charge < -0.3 is 9.84 Å². The van der Waals surface area contributed by atoms with E-state index >= 15 is 0 Å². The standard InChI is InChI=1S/C9H7F3N2O2/c1-5-6(2-3-13)8(7(15)4-14-5)16-9(10,11)12/h4,15H,2H2,1H3. The molecule has 4 nitrogen and oxygen atoms in total. The maximum atomic E-state index is 12.0. The van der Waals surface area contributed by atoms with Gasteiger partial charge in [-0.25, -0.2) is 0 Å². The lowest BCUT2D eigenvalue weighted by Crippen LogP contribution is -2.18. The van der Waals surface area contributed by atoms with Gasteiger partial charge in [0.15, 0.2) is 11.5 Å². The molecular weight excluding hydrogens is 225 g/mol. The highest BCUT2D eigenvalue weighted by atomic mass is 19.4. The molecule has 1 N–H and O–H groups in total. The molecule has 1 aromatic rings. The van der Waals surface area contributed by atoms with E-state index in [-0.39, 0.29) is 17.7 Å². The Morgan fingerprint density at radius 3 is 2.69 bits per heavy atom. The summed E-state index contributed by atoms with van der Waals surface area (Å²) in [5.41, 5.74) is 0.137. The fourth-order valence-corrected chi connectivity index (χ4v) is 1.13. The summed E-state index contributed by atoms with van der Waals surface area (Å²) >= 11 is 0. The molecule has 1 aromatic heterocycles. The van der Waals surface area contributed by atoms with Crippen molar-refractivity contribution < 1.29 is 23.0 Å². The molecule has 86 valence electrons. The molecular formula is C9H7F3N2O2. The number of aromatic hydroxyl groups is 1. The summed E-state index contributed by atoms with van der Waals surface area (Å²) in [5, 5.41) is 17.7. The van der Waals surface area contributed by atoms with Gasteiger partial charge in [-0.3, -0.25) is 4.98 Å².